The van der Waals surface area contributed by atoms with Gasteiger partial charge in [0, 0.05) is 17.9 Å². The fourth-order valence-electron chi connectivity index (χ4n) is 4.97. The number of hydrogen-bond donors (Lipinski definition) is 1. The van der Waals surface area contributed by atoms with E-state index in [0.29, 0.717) is 40.0 Å². The van der Waals surface area contributed by atoms with Crippen molar-refractivity contribution in [3.63, 3.8) is 0 Å². The number of alkyl halides is 3. The summed E-state index contributed by atoms with van der Waals surface area (Å²) in [6, 6.07) is 12.6. The Morgan fingerprint density at radius 3 is 2.24 bits per heavy atom. The van der Waals surface area contributed by atoms with E-state index >= 15 is 0 Å². The van der Waals surface area contributed by atoms with Crippen LogP contribution in [0.5, 0.6) is 11.5 Å². The van der Waals surface area contributed by atoms with Gasteiger partial charge in [-0.25, -0.2) is 4.39 Å². The standard InChI is InChI=1S/C29H28F4O4/c1-16(2)22-13-23-24(19(15-34)14-28(3,4)37-23)25(17-5-9-20(30)10-6-17)26(22)27(35)18-7-11-21(12-8-18)36-29(31,32)33/h5-13,15-16,19,27,35H,14H2,1-4H3. The number of ether oxygens (including phenoxy) is 2. The van der Waals surface area contributed by atoms with Gasteiger partial charge in [0.2, 0.25) is 0 Å². The van der Waals surface area contributed by atoms with Crippen LogP contribution >= 0.6 is 0 Å². The third-order valence-corrected chi connectivity index (χ3v) is 6.49. The largest absolute Gasteiger partial charge is 0.573 e. The Kier molecular flexibility index (Phi) is 7.08. The fraction of sp³-hybridized carbons (Fsp3) is 0.345. The lowest BCUT2D eigenvalue weighted by molar-refractivity contribution is -0.274. The molecule has 3 aromatic carbocycles. The normalized spacial score (nSPS) is 17.6. The average molecular weight is 517 g/mol. The summed E-state index contributed by atoms with van der Waals surface area (Å²) in [4.78, 5) is 12.3. The number of carbonyl (C=O) groups is 1. The number of rotatable bonds is 6. The highest BCUT2D eigenvalue weighted by Crippen LogP contribution is 2.50. The number of aldehydes is 1. The van der Waals surface area contributed by atoms with E-state index in [1.807, 2.05) is 33.8 Å². The highest BCUT2D eigenvalue weighted by molar-refractivity contribution is 5.82. The Labute approximate surface area is 212 Å². The summed E-state index contributed by atoms with van der Waals surface area (Å²) in [6.07, 6.45) is -4.84. The topological polar surface area (TPSA) is 55.8 Å². The summed E-state index contributed by atoms with van der Waals surface area (Å²) < 4.78 is 62.0. The van der Waals surface area contributed by atoms with Crippen molar-refractivity contribution in [1.29, 1.82) is 0 Å². The molecule has 0 bridgehead atoms. The summed E-state index contributed by atoms with van der Waals surface area (Å²) in [5.41, 5.74) is 2.68. The van der Waals surface area contributed by atoms with Gasteiger partial charge in [-0.05, 0) is 77.9 Å². The summed E-state index contributed by atoms with van der Waals surface area (Å²) in [6.45, 7) is 7.68. The molecule has 0 fully saturated rings. The van der Waals surface area contributed by atoms with Gasteiger partial charge in [0.1, 0.15) is 35.3 Å². The number of fused-ring (bicyclic) bond motifs is 1. The highest BCUT2D eigenvalue weighted by Gasteiger charge is 2.38. The SMILES string of the molecule is CC(C)c1cc2c(c(-c3ccc(F)cc3)c1C(O)c1ccc(OC(F)(F)F)cc1)C(C=O)CC(C)(C)O2. The van der Waals surface area contributed by atoms with Crippen LogP contribution in [0.3, 0.4) is 0 Å². The van der Waals surface area contributed by atoms with E-state index in [1.165, 1.54) is 24.3 Å². The average Bonchev–Trinajstić information content (AvgIpc) is 2.81. The van der Waals surface area contributed by atoms with E-state index in [9.17, 15) is 27.5 Å². The third kappa shape index (κ3) is 5.64. The summed E-state index contributed by atoms with van der Waals surface area (Å²) >= 11 is 0. The molecule has 8 heteroatoms. The summed E-state index contributed by atoms with van der Waals surface area (Å²) in [5.74, 6) is -0.974. The van der Waals surface area contributed by atoms with Gasteiger partial charge in [0.15, 0.2) is 0 Å². The van der Waals surface area contributed by atoms with Crippen LogP contribution in [0.25, 0.3) is 11.1 Å². The van der Waals surface area contributed by atoms with Crippen LogP contribution in [0.1, 0.15) is 74.3 Å². The number of halogens is 4. The minimum absolute atomic E-state index is 0.0923. The Morgan fingerprint density at radius 2 is 1.70 bits per heavy atom. The molecule has 4 nitrogen and oxygen atoms in total. The molecular weight excluding hydrogens is 488 g/mol. The van der Waals surface area contributed by atoms with E-state index in [1.54, 1.807) is 12.1 Å². The Morgan fingerprint density at radius 1 is 1.08 bits per heavy atom. The lowest BCUT2D eigenvalue weighted by Crippen LogP contribution is -2.36. The first-order chi connectivity index (χ1) is 17.3. The van der Waals surface area contributed by atoms with Crippen molar-refractivity contribution in [2.24, 2.45) is 0 Å². The van der Waals surface area contributed by atoms with Crippen molar-refractivity contribution in [2.45, 2.75) is 64.0 Å². The van der Waals surface area contributed by atoms with Gasteiger partial charge < -0.3 is 19.4 Å². The van der Waals surface area contributed by atoms with Crippen LogP contribution in [0, 0.1) is 5.82 Å². The van der Waals surface area contributed by atoms with Gasteiger partial charge in [-0.1, -0.05) is 38.1 Å². The zero-order valence-corrected chi connectivity index (χ0v) is 20.9. The van der Waals surface area contributed by atoms with Crippen LogP contribution in [-0.4, -0.2) is 23.4 Å². The molecule has 2 unspecified atom stereocenters. The second kappa shape index (κ2) is 9.82. The van der Waals surface area contributed by atoms with Crippen molar-refractivity contribution in [2.75, 3.05) is 0 Å². The van der Waals surface area contributed by atoms with Crippen LogP contribution < -0.4 is 9.47 Å². The molecule has 0 amide bonds. The molecule has 1 aliphatic heterocycles. The van der Waals surface area contributed by atoms with Gasteiger partial charge in [0.05, 0.1) is 0 Å². The molecule has 0 saturated carbocycles. The lowest BCUT2D eigenvalue weighted by atomic mass is 9.75. The van der Waals surface area contributed by atoms with Crippen molar-refractivity contribution in [3.05, 3.63) is 82.7 Å². The second-order valence-corrected chi connectivity index (χ2v) is 10.2. The zero-order valence-electron chi connectivity index (χ0n) is 20.9. The maximum Gasteiger partial charge on any atom is 0.573 e. The van der Waals surface area contributed by atoms with Crippen LogP contribution in [0.15, 0.2) is 54.6 Å². The number of aliphatic hydroxyl groups excluding tert-OH is 1. The smallest absolute Gasteiger partial charge is 0.487 e. The first-order valence-electron chi connectivity index (χ1n) is 11.9. The second-order valence-electron chi connectivity index (χ2n) is 10.2. The molecule has 1 heterocycles. The van der Waals surface area contributed by atoms with Gasteiger partial charge in [-0.3, -0.25) is 0 Å². The molecular formula is C29H28F4O4. The highest BCUT2D eigenvalue weighted by atomic mass is 19.4. The van der Waals surface area contributed by atoms with E-state index in [4.69, 9.17) is 4.74 Å². The van der Waals surface area contributed by atoms with Crippen molar-refractivity contribution >= 4 is 6.29 Å². The van der Waals surface area contributed by atoms with Crippen LogP contribution in [0.4, 0.5) is 17.6 Å². The van der Waals surface area contributed by atoms with Crippen molar-refractivity contribution in [3.8, 4) is 22.6 Å². The monoisotopic (exact) mass is 516 g/mol. The zero-order chi connectivity index (χ0) is 27.1. The van der Waals surface area contributed by atoms with Gasteiger partial charge in [-0.2, -0.15) is 0 Å². The molecule has 1 N–H and O–H groups in total. The molecule has 0 radical (unpaired) electrons. The minimum Gasteiger partial charge on any atom is -0.487 e. The van der Waals surface area contributed by atoms with Crippen LogP contribution in [-0.2, 0) is 4.79 Å². The fourth-order valence-corrected chi connectivity index (χ4v) is 4.97. The number of hydrogen-bond acceptors (Lipinski definition) is 4. The lowest BCUT2D eigenvalue weighted by Gasteiger charge is -2.39. The number of benzene rings is 3. The quantitative estimate of drug-likeness (QED) is 0.273. The molecule has 0 aromatic heterocycles. The maximum absolute atomic E-state index is 13.9. The van der Waals surface area contributed by atoms with Crippen LogP contribution in [0.2, 0.25) is 0 Å². The summed E-state index contributed by atoms with van der Waals surface area (Å²) in [7, 11) is 0. The number of aliphatic hydroxyl groups is 1. The first-order valence-corrected chi connectivity index (χ1v) is 11.9. The Bertz CT molecular complexity index is 1280. The molecule has 196 valence electrons. The van der Waals surface area contributed by atoms with Crippen molar-refractivity contribution in [1.82, 2.24) is 0 Å². The van der Waals surface area contributed by atoms with Gasteiger partial charge >= 0.3 is 6.36 Å². The Balaban J connectivity index is 1.97. The molecule has 3 aromatic rings. The van der Waals surface area contributed by atoms with Crippen molar-refractivity contribution < 1.29 is 36.9 Å². The van der Waals surface area contributed by atoms with E-state index in [2.05, 4.69) is 4.74 Å². The molecule has 0 aliphatic carbocycles. The van der Waals surface area contributed by atoms with E-state index in [0.717, 1.165) is 24.0 Å². The number of carbonyl (C=O) groups excluding carboxylic acids is 1. The predicted molar refractivity (Wildman–Crippen MR) is 131 cm³/mol. The van der Waals surface area contributed by atoms with Gasteiger partial charge in [-0.15, -0.1) is 13.2 Å². The molecule has 0 saturated heterocycles. The van der Waals surface area contributed by atoms with Gasteiger partial charge in [0.25, 0.3) is 0 Å². The maximum atomic E-state index is 13.9. The summed E-state index contributed by atoms with van der Waals surface area (Å²) in [5, 5.41) is 11.6. The predicted octanol–water partition coefficient (Wildman–Crippen LogP) is 7.44. The minimum atomic E-state index is -4.84. The molecule has 2 atom stereocenters. The molecule has 37 heavy (non-hydrogen) atoms. The molecule has 4 rings (SSSR count). The Hall–Kier alpha value is -3.39. The van der Waals surface area contributed by atoms with E-state index in [-0.39, 0.29) is 5.92 Å². The third-order valence-electron chi connectivity index (χ3n) is 6.49. The van der Waals surface area contributed by atoms with E-state index < -0.39 is 35.6 Å². The molecule has 0 spiro atoms. The first kappa shape index (κ1) is 26.7. The molecule has 1 aliphatic rings.